The Morgan fingerprint density at radius 1 is 1.15 bits per heavy atom. The first-order chi connectivity index (χ1) is 12.8. The van der Waals surface area contributed by atoms with Crippen LogP contribution in [0.4, 0.5) is 5.82 Å². The lowest BCUT2D eigenvalue weighted by atomic mass is 10.2. The van der Waals surface area contributed by atoms with Crippen LogP contribution in [0.2, 0.25) is 0 Å². The first-order valence-electron chi connectivity index (χ1n) is 8.47. The third-order valence-corrected chi connectivity index (χ3v) is 4.10. The number of nitrogens with one attached hydrogen (secondary N) is 1. The highest BCUT2D eigenvalue weighted by Crippen LogP contribution is 2.24. The molecule has 26 heavy (non-hydrogen) atoms. The normalized spacial score (nSPS) is 11.2. The number of aromatic nitrogens is 8. The van der Waals surface area contributed by atoms with Gasteiger partial charge in [0.15, 0.2) is 17.3 Å². The molecule has 0 spiro atoms. The highest BCUT2D eigenvalue weighted by atomic mass is 15.3. The molecular formula is C17H19N9. The second-order valence-electron chi connectivity index (χ2n) is 5.93. The maximum absolute atomic E-state index is 4.70. The summed E-state index contributed by atoms with van der Waals surface area (Å²) in [6, 6.07) is 3.78. The van der Waals surface area contributed by atoms with Gasteiger partial charge in [0.05, 0.1) is 18.1 Å². The van der Waals surface area contributed by atoms with Crippen LogP contribution in [0, 0.1) is 0 Å². The molecule has 4 aromatic rings. The zero-order valence-electron chi connectivity index (χ0n) is 14.7. The molecule has 1 N–H and O–H groups in total. The highest BCUT2D eigenvalue weighted by Gasteiger charge is 2.13. The molecule has 0 aliphatic heterocycles. The summed E-state index contributed by atoms with van der Waals surface area (Å²) in [6.45, 7) is 3.54. The van der Waals surface area contributed by atoms with E-state index in [0.29, 0.717) is 12.4 Å². The van der Waals surface area contributed by atoms with E-state index in [1.54, 1.807) is 29.6 Å². The molecule has 9 nitrogen and oxygen atoms in total. The second kappa shape index (κ2) is 6.87. The molecule has 0 aliphatic carbocycles. The molecule has 132 valence electrons. The maximum Gasteiger partial charge on any atom is 0.164 e. The fourth-order valence-corrected chi connectivity index (χ4v) is 2.79. The van der Waals surface area contributed by atoms with Crippen LogP contribution in [0.15, 0.2) is 37.1 Å². The van der Waals surface area contributed by atoms with Gasteiger partial charge in [0.25, 0.3) is 0 Å². The van der Waals surface area contributed by atoms with Gasteiger partial charge in [-0.1, -0.05) is 6.92 Å². The van der Waals surface area contributed by atoms with Crippen molar-refractivity contribution in [3.05, 3.63) is 42.9 Å². The van der Waals surface area contributed by atoms with Crippen LogP contribution in [0.5, 0.6) is 0 Å². The summed E-state index contributed by atoms with van der Waals surface area (Å²) in [6.07, 6.45) is 8.00. The van der Waals surface area contributed by atoms with Crippen molar-refractivity contribution in [3.63, 3.8) is 0 Å². The first kappa shape index (κ1) is 16.1. The summed E-state index contributed by atoms with van der Waals surface area (Å²) in [4.78, 5) is 13.4. The molecule has 0 saturated heterocycles. The van der Waals surface area contributed by atoms with E-state index in [4.69, 9.17) is 4.98 Å². The highest BCUT2D eigenvalue weighted by molar-refractivity contribution is 5.88. The number of anilines is 1. The Kier molecular flexibility index (Phi) is 4.26. The molecule has 0 bridgehead atoms. The third kappa shape index (κ3) is 2.99. The number of hydrogen-bond donors (Lipinski definition) is 1. The molecular weight excluding hydrogens is 330 g/mol. The lowest BCUT2D eigenvalue weighted by molar-refractivity contribution is 0.643. The van der Waals surface area contributed by atoms with E-state index in [2.05, 4.69) is 37.5 Å². The lowest BCUT2D eigenvalue weighted by Gasteiger charge is -2.10. The van der Waals surface area contributed by atoms with Crippen LogP contribution in [0.1, 0.15) is 19.2 Å². The number of rotatable bonds is 6. The van der Waals surface area contributed by atoms with Gasteiger partial charge in [0.1, 0.15) is 12.1 Å². The summed E-state index contributed by atoms with van der Waals surface area (Å²) in [5.74, 6) is 2.22. The summed E-state index contributed by atoms with van der Waals surface area (Å²) >= 11 is 0. The molecule has 4 rings (SSSR count). The molecule has 0 fully saturated rings. The Labute approximate surface area is 150 Å². The van der Waals surface area contributed by atoms with Gasteiger partial charge in [-0.25, -0.2) is 9.97 Å². The van der Waals surface area contributed by atoms with Crippen molar-refractivity contribution in [2.24, 2.45) is 7.05 Å². The van der Waals surface area contributed by atoms with Gasteiger partial charge in [0, 0.05) is 31.5 Å². The third-order valence-electron chi connectivity index (χ3n) is 4.10. The number of nitrogens with zero attached hydrogens (tertiary/aromatic N) is 8. The van der Waals surface area contributed by atoms with Gasteiger partial charge in [-0.3, -0.25) is 9.67 Å². The van der Waals surface area contributed by atoms with E-state index in [0.717, 1.165) is 41.2 Å². The molecule has 4 aromatic heterocycles. The van der Waals surface area contributed by atoms with E-state index >= 15 is 0 Å². The molecule has 0 saturated carbocycles. The topological polar surface area (TPSA) is 99.2 Å². The van der Waals surface area contributed by atoms with Crippen molar-refractivity contribution >= 4 is 16.9 Å². The van der Waals surface area contributed by atoms with Crippen molar-refractivity contribution < 1.29 is 0 Å². The van der Waals surface area contributed by atoms with Crippen molar-refractivity contribution in [2.45, 2.75) is 26.4 Å². The summed E-state index contributed by atoms with van der Waals surface area (Å²) in [5.41, 5.74) is 1.67. The van der Waals surface area contributed by atoms with Gasteiger partial charge in [-0.05, 0) is 18.6 Å². The monoisotopic (exact) mass is 349 g/mol. The predicted molar refractivity (Wildman–Crippen MR) is 97.2 cm³/mol. The Hall–Kier alpha value is -3.36. The van der Waals surface area contributed by atoms with E-state index < -0.39 is 0 Å². The summed E-state index contributed by atoms with van der Waals surface area (Å²) in [5, 5.41) is 16.7. The van der Waals surface area contributed by atoms with E-state index in [1.165, 1.54) is 0 Å². The van der Waals surface area contributed by atoms with Crippen LogP contribution in [0.3, 0.4) is 0 Å². The minimum atomic E-state index is 0.525. The van der Waals surface area contributed by atoms with Gasteiger partial charge in [0.2, 0.25) is 0 Å². The Balaban J connectivity index is 1.70. The van der Waals surface area contributed by atoms with Crippen molar-refractivity contribution in [2.75, 3.05) is 5.32 Å². The lowest BCUT2D eigenvalue weighted by Crippen LogP contribution is -2.10. The fraction of sp³-hybridized carbons (Fsp3) is 0.294. The zero-order chi connectivity index (χ0) is 17.9. The predicted octanol–water partition coefficient (Wildman–Crippen LogP) is 2.04. The molecule has 0 atom stereocenters. The molecule has 0 aliphatic rings. The van der Waals surface area contributed by atoms with Crippen molar-refractivity contribution in [1.82, 2.24) is 39.5 Å². The van der Waals surface area contributed by atoms with Crippen LogP contribution in [0.25, 0.3) is 22.4 Å². The van der Waals surface area contributed by atoms with E-state index in [9.17, 15) is 0 Å². The zero-order valence-corrected chi connectivity index (χ0v) is 14.7. The Morgan fingerprint density at radius 2 is 2.00 bits per heavy atom. The van der Waals surface area contributed by atoms with Crippen LogP contribution in [-0.2, 0) is 20.1 Å². The molecule has 0 amide bonds. The fourth-order valence-electron chi connectivity index (χ4n) is 2.79. The largest absolute Gasteiger partial charge is 0.362 e. The van der Waals surface area contributed by atoms with Crippen molar-refractivity contribution in [3.8, 4) is 11.4 Å². The first-order valence-corrected chi connectivity index (χ1v) is 8.47. The molecule has 4 heterocycles. The minimum absolute atomic E-state index is 0.525. The number of hydrogen-bond acceptors (Lipinski definition) is 7. The van der Waals surface area contributed by atoms with Gasteiger partial charge in [-0.2, -0.15) is 5.10 Å². The Morgan fingerprint density at radius 3 is 2.81 bits per heavy atom. The van der Waals surface area contributed by atoms with E-state index in [1.807, 2.05) is 23.7 Å². The molecule has 0 radical (unpaired) electrons. The van der Waals surface area contributed by atoms with Crippen LogP contribution in [-0.4, -0.2) is 39.5 Å². The Bertz CT molecular complexity index is 1020. The summed E-state index contributed by atoms with van der Waals surface area (Å²) in [7, 11) is 1.87. The number of pyridine rings is 1. The minimum Gasteiger partial charge on any atom is -0.362 e. The standard InChI is InChI=1S/C17H19N9/c1-3-8-26-11-20-24-14(26)10-19-16-13-9-21-25(2)17(13)23-15(22-16)12-4-6-18-7-5-12/h4-7,9,11H,3,8,10H2,1-2H3,(H,19,22,23). The molecule has 0 unspecified atom stereocenters. The number of aryl methyl sites for hydroxylation is 2. The summed E-state index contributed by atoms with van der Waals surface area (Å²) < 4.78 is 3.78. The number of fused-ring (bicyclic) bond motifs is 1. The van der Waals surface area contributed by atoms with Gasteiger partial charge in [-0.15, -0.1) is 10.2 Å². The van der Waals surface area contributed by atoms with Crippen molar-refractivity contribution in [1.29, 1.82) is 0 Å². The SMILES string of the molecule is CCCn1cnnc1CNc1nc(-c2ccncc2)nc2c1cnn2C. The smallest absolute Gasteiger partial charge is 0.164 e. The molecule has 9 heteroatoms. The second-order valence-corrected chi connectivity index (χ2v) is 5.93. The van der Waals surface area contributed by atoms with Gasteiger partial charge >= 0.3 is 0 Å². The van der Waals surface area contributed by atoms with Gasteiger partial charge < -0.3 is 9.88 Å². The van der Waals surface area contributed by atoms with Crippen LogP contribution < -0.4 is 5.32 Å². The average molecular weight is 349 g/mol. The van der Waals surface area contributed by atoms with Crippen LogP contribution >= 0.6 is 0 Å². The van der Waals surface area contributed by atoms with E-state index in [-0.39, 0.29) is 0 Å². The quantitative estimate of drug-likeness (QED) is 0.568. The maximum atomic E-state index is 4.70. The average Bonchev–Trinajstić information content (AvgIpc) is 3.27. The molecule has 0 aromatic carbocycles.